The summed E-state index contributed by atoms with van der Waals surface area (Å²) in [6.45, 7) is -0.258. The summed E-state index contributed by atoms with van der Waals surface area (Å²) in [6, 6.07) is 5.01. The minimum absolute atomic E-state index is 0.258. The van der Waals surface area contributed by atoms with Crippen LogP contribution in [0.25, 0.3) is 6.08 Å². The van der Waals surface area contributed by atoms with Gasteiger partial charge in [0.15, 0.2) is 0 Å². The van der Waals surface area contributed by atoms with E-state index in [2.05, 4.69) is 15.9 Å². The first-order valence-electron chi connectivity index (χ1n) is 4.40. The first kappa shape index (κ1) is 11.4. The quantitative estimate of drug-likeness (QED) is 0.823. The molecule has 0 saturated carbocycles. The third kappa shape index (κ3) is 2.93. The normalized spacial score (nSPS) is 11.1. The Morgan fingerprint density at radius 1 is 1.43 bits per heavy atom. The maximum atomic E-state index is 13.5. The summed E-state index contributed by atoms with van der Waals surface area (Å²) < 4.78 is 13.5. The molecule has 0 aromatic heterocycles. The molecule has 1 aromatic carbocycles. The van der Waals surface area contributed by atoms with Gasteiger partial charge in [0.2, 0.25) is 0 Å². The fourth-order valence-corrected chi connectivity index (χ4v) is 1.39. The van der Waals surface area contributed by atoms with Gasteiger partial charge in [-0.1, -0.05) is 46.3 Å². The summed E-state index contributed by atoms with van der Waals surface area (Å²) in [5.41, 5.74) is 0.864. The lowest BCUT2D eigenvalue weighted by Gasteiger charge is -2.01. The van der Waals surface area contributed by atoms with E-state index >= 15 is 0 Å². The van der Waals surface area contributed by atoms with Gasteiger partial charge in [0.1, 0.15) is 5.82 Å². The number of rotatable bonds is 4. The van der Waals surface area contributed by atoms with Crippen LogP contribution in [0.15, 0.2) is 24.3 Å². The van der Waals surface area contributed by atoms with Crippen LogP contribution < -0.4 is 0 Å². The highest BCUT2D eigenvalue weighted by atomic mass is 79.9. The lowest BCUT2D eigenvalue weighted by Crippen LogP contribution is -1.92. The Morgan fingerprint density at radius 2 is 2.21 bits per heavy atom. The Labute approximate surface area is 91.4 Å². The molecule has 1 aromatic rings. The van der Waals surface area contributed by atoms with Gasteiger partial charge < -0.3 is 5.11 Å². The maximum absolute atomic E-state index is 13.5. The van der Waals surface area contributed by atoms with Crippen molar-refractivity contribution in [2.45, 2.75) is 13.0 Å². The van der Waals surface area contributed by atoms with E-state index in [1.54, 1.807) is 24.3 Å². The van der Waals surface area contributed by atoms with Crippen LogP contribution in [0.4, 0.5) is 4.39 Å². The van der Waals surface area contributed by atoms with Crippen LogP contribution in [-0.2, 0) is 6.61 Å². The molecular formula is C11H12BrFO. The second kappa shape index (κ2) is 5.94. The first-order chi connectivity index (χ1) is 6.79. The van der Waals surface area contributed by atoms with Crippen molar-refractivity contribution in [3.05, 3.63) is 41.2 Å². The molecular weight excluding hydrogens is 247 g/mol. The van der Waals surface area contributed by atoms with Crippen molar-refractivity contribution in [1.82, 2.24) is 0 Å². The van der Waals surface area contributed by atoms with Gasteiger partial charge in [0, 0.05) is 16.5 Å². The minimum atomic E-state index is -0.333. The van der Waals surface area contributed by atoms with Crippen LogP contribution in [0.3, 0.4) is 0 Å². The number of hydrogen-bond donors (Lipinski definition) is 1. The van der Waals surface area contributed by atoms with E-state index in [1.807, 2.05) is 6.08 Å². The van der Waals surface area contributed by atoms with Crippen molar-refractivity contribution in [3.63, 3.8) is 0 Å². The van der Waals surface area contributed by atoms with Crippen molar-refractivity contribution >= 4 is 22.0 Å². The van der Waals surface area contributed by atoms with Gasteiger partial charge in [0.05, 0.1) is 6.61 Å². The van der Waals surface area contributed by atoms with Crippen LogP contribution >= 0.6 is 15.9 Å². The second-order valence-corrected chi connectivity index (χ2v) is 3.65. The van der Waals surface area contributed by atoms with Gasteiger partial charge >= 0.3 is 0 Å². The summed E-state index contributed by atoms with van der Waals surface area (Å²) in [7, 11) is 0. The molecule has 14 heavy (non-hydrogen) atoms. The molecule has 0 aliphatic carbocycles. The van der Waals surface area contributed by atoms with Crippen LogP contribution in [0, 0.1) is 5.82 Å². The predicted molar refractivity (Wildman–Crippen MR) is 59.8 cm³/mol. The molecule has 0 amide bonds. The van der Waals surface area contributed by atoms with Gasteiger partial charge in [-0.3, -0.25) is 0 Å². The number of aliphatic hydroxyl groups is 1. The van der Waals surface area contributed by atoms with Gasteiger partial charge in [0.25, 0.3) is 0 Å². The average Bonchev–Trinajstić information content (AvgIpc) is 2.21. The predicted octanol–water partition coefficient (Wildman–Crippen LogP) is 3.12. The van der Waals surface area contributed by atoms with Crippen molar-refractivity contribution in [3.8, 4) is 0 Å². The molecule has 1 rings (SSSR count). The molecule has 0 heterocycles. The largest absolute Gasteiger partial charge is 0.392 e. The molecule has 76 valence electrons. The zero-order valence-electron chi connectivity index (χ0n) is 7.71. The van der Waals surface area contributed by atoms with Gasteiger partial charge in [-0.05, 0) is 6.42 Å². The van der Waals surface area contributed by atoms with Crippen molar-refractivity contribution < 1.29 is 9.50 Å². The van der Waals surface area contributed by atoms with Crippen LogP contribution in [0.2, 0.25) is 0 Å². The monoisotopic (exact) mass is 258 g/mol. The molecule has 1 N–H and O–H groups in total. The number of halogens is 2. The van der Waals surface area contributed by atoms with E-state index in [-0.39, 0.29) is 12.4 Å². The molecule has 0 aliphatic heterocycles. The molecule has 0 atom stereocenters. The maximum Gasteiger partial charge on any atom is 0.135 e. The first-order valence-corrected chi connectivity index (χ1v) is 5.52. The Hall–Kier alpha value is -0.670. The summed E-state index contributed by atoms with van der Waals surface area (Å²) in [6.07, 6.45) is 4.49. The molecule has 0 bridgehead atoms. The topological polar surface area (TPSA) is 20.2 Å². The Bertz CT molecular complexity index is 323. The number of aliphatic hydroxyl groups excluding tert-OH is 1. The average molecular weight is 259 g/mol. The van der Waals surface area contributed by atoms with Crippen molar-refractivity contribution in [1.29, 1.82) is 0 Å². The number of hydrogen-bond acceptors (Lipinski definition) is 1. The van der Waals surface area contributed by atoms with Gasteiger partial charge in [-0.2, -0.15) is 0 Å². The fourth-order valence-electron chi connectivity index (χ4n) is 1.12. The van der Waals surface area contributed by atoms with Gasteiger partial charge in [-0.15, -0.1) is 0 Å². The lowest BCUT2D eigenvalue weighted by molar-refractivity contribution is 0.275. The zero-order valence-corrected chi connectivity index (χ0v) is 9.30. The molecule has 0 unspecified atom stereocenters. The van der Waals surface area contributed by atoms with E-state index in [4.69, 9.17) is 5.11 Å². The van der Waals surface area contributed by atoms with Gasteiger partial charge in [-0.25, -0.2) is 4.39 Å². The number of alkyl halides is 1. The minimum Gasteiger partial charge on any atom is -0.392 e. The highest BCUT2D eigenvalue weighted by Gasteiger charge is 2.03. The van der Waals surface area contributed by atoms with E-state index < -0.39 is 0 Å². The molecule has 0 fully saturated rings. The molecule has 3 heteroatoms. The summed E-state index contributed by atoms with van der Waals surface area (Å²) in [5.74, 6) is -0.333. The van der Waals surface area contributed by atoms with E-state index in [0.29, 0.717) is 11.1 Å². The summed E-state index contributed by atoms with van der Waals surface area (Å²) >= 11 is 3.28. The highest BCUT2D eigenvalue weighted by molar-refractivity contribution is 9.09. The van der Waals surface area contributed by atoms with E-state index in [0.717, 1.165) is 11.8 Å². The zero-order chi connectivity index (χ0) is 10.4. The molecule has 0 radical (unpaired) electrons. The standard InChI is InChI=1S/C11H12BrFO/c12-7-2-1-4-9-5-3-6-10(8-14)11(9)13/h1,3-6,14H,2,7-8H2. The number of benzene rings is 1. The molecule has 1 nitrogen and oxygen atoms in total. The van der Waals surface area contributed by atoms with Crippen LogP contribution in [0.1, 0.15) is 17.5 Å². The number of allylic oxidation sites excluding steroid dienone is 1. The molecule has 0 spiro atoms. The Balaban J connectivity index is 2.86. The smallest absolute Gasteiger partial charge is 0.135 e. The molecule has 0 aliphatic rings. The molecule has 0 saturated heterocycles. The van der Waals surface area contributed by atoms with E-state index in [1.165, 1.54) is 0 Å². The third-order valence-corrected chi connectivity index (χ3v) is 2.31. The van der Waals surface area contributed by atoms with E-state index in [9.17, 15) is 4.39 Å². The Morgan fingerprint density at radius 3 is 2.86 bits per heavy atom. The fraction of sp³-hybridized carbons (Fsp3) is 0.273. The van der Waals surface area contributed by atoms with Crippen molar-refractivity contribution in [2.24, 2.45) is 0 Å². The lowest BCUT2D eigenvalue weighted by atomic mass is 10.1. The van der Waals surface area contributed by atoms with Crippen molar-refractivity contribution in [2.75, 3.05) is 5.33 Å². The highest BCUT2D eigenvalue weighted by Crippen LogP contribution is 2.14. The summed E-state index contributed by atoms with van der Waals surface area (Å²) in [4.78, 5) is 0. The van der Waals surface area contributed by atoms with Crippen LogP contribution in [0.5, 0.6) is 0 Å². The third-order valence-electron chi connectivity index (χ3n) is 1.85. The Kier molecular flexibility index (Phi) is 4.84. The SMILES string of the molecule is OCc1cccc(C=CCCBr)c1F. The van der Waals surface area contributed by atoms with Crippen LogP contribution in [-0.4, -0.2) is 10.4 Å². The summed E-state index contributed by atoms with van der Waals surface area (Å²) in [5, 5.41) is 9.71. The second-order valence-electron chi connectivity index (χ2n) is 2.86.